The molecule has 0 bridgehead atoms. The molecule has 0 fully saturated rings. The van der Waals surface area contributed by atoms with Crippen molar-refractivity contribution < 1.29 is 0 Å². The maximum Gasteiger partial charge on any atom is 0.236 e. The Kier molecular flexibility index (Phi) is 4.87. The van der Waals surface area contributed by atoms with Crippen LogP contribution in [0, 0.1) is 0 Å². The van der Waals surface area contributed by atoms with Crippen molar-refractivity contribution in [3.05, 3.63) is 107 Å². The Hall–Kier alpha value is -3.34. The van der Waals surface area contributed by atoms with Gasteiger partial charge in [0.05, 0.1) is 28.8 Å². The maximum atomic E-state index is 6.43. The van der Waals surface area contributed by atoms with Gasteiger partial charge in [-0.3, -0.25) is 4.40 Å². The first kappa shape index (κ1) is 18.7. The van der Waals surface area contributed by atoms with Crippen LogP contribution in [0.4, 0.5) is 0 Å². The van der Waals surface area contributed by atoms with Gasteiger partial charge in [0.15, 0.2) is 0 Å². The molecule has 0 radical (unpaired) electrons. The van der Waals surface area contributed by atoms with E-state index in [-0.39, 0.29) is 0 Å². The molecule has 0 N–H and O–H groups in total. The van der Waals surface area contributed by atoms with Crippen molar-refractivity contribution in [1.29, 1.82) is 0 Å². The molecule has 0 aliphatic carbocycles. The summed E-state index contributed by atoms with van der Waals surface area (Å²) < 4.78 is 3.81. The third-order valence-corrected chi connectivity index (χ3v) is 5.35. The van der Waals surface area contributed by atoms with E-state index < -0.39 is 0 Å². The molecule has 146 valence electrons. The summed E-state index contributed by atoms with van der Waals surface area (Å²) >= 11 is 12.5. The van der Waals surface area contributed by atoms with Gasteiger partial charge < -0.3 is 0 Å². The summed E-state index contributed by atoms with van der Waals surface area (Å²) in [6.45, 7) is 0. The van der Waals surface area contributed by atoms with Crippen LogP contribution in [0.3, 0.4) is 0 Å². The van der Waals surface area contributed by atoms with Crippen molar-refractivity contribution in [2.24, 2.45) is 5.10 Å². The van der Waals surface area contributed by atoms with E-state index in [0.29, 0.717) is 15.8 Å². The minimum atomic E-state index is 0.559. The molecule has 6 heteroatoms. The predicted octanol–water partition coefficient (Wildman–Crippen LogP) is 6.66. The Morgan fingerprint density at radius 3 is 2.30 bits per heavy atom. The van der Waals surface area contributed by atoms with E-state index in [2.05, 4.69) is 17.2 Å². The number of rotatable bonds is 4. The minimum Gasteiger partial charge on any atom is -0.282 e. The third kappa shape index (κ3) is 3.52. The Morgan fingerprint density at radius 2 is 1.57 bits per heavy atom. The number of fused-ring (bicyclic) bond motifs is 1. The van der Waals surface area contributed by atoms with Crippen molar-refractivity contribution in [3.63, 3.8) is 0 Å². The SMILES string of the molecule is Clc1ccc(-c2cn3c(-c4ccccc4)cn(/N=C/c4ccccc4)c3n2)c(Cl)c1. The van der Waals surface area contributed by atoms with Crippen LogP contribution in [0.15, 0.2) is 96.4 Å². The topological polar surface area (TPSA) is 34.6 Å². The Labute approximate surface area is 183 Å². The molecule has 0 saturated carbocycles. The van der Waals surface area contributed by atoms with Crippen molar-refractivity contribution in [3.8, 4) is 22.5 Å². The van der Waals surface area contributed by atoms with Crippen LogP contribution in [0.25, 0.3) is 28.3 Å². The summed E-state index contributed by atoms with van der Waals surface area (Å²) in [7, 11) is 0. The van der Waals surface area contributed by atoms with Crippen molar-refractivity contribution in [2.45, 2.75) is 0 Å². The van der Waals surface area contributed by atoms with Crippen molar-refractivity contribution >= 4 is 35.2 Å². The Bertz CT molecular complexity index is 1350. The highest BCUT2D eigenvalue weighted by molar-refractivity contribution is 6.36. The van der Waals surface area contributed by atoms with Gasteiger partial charge in [-0.15, -0.1) is 0 Å². The molecule has 0 atom stereocenters. The van der Waals surface area contributed by atoms with Crippen LogP contribution in [-0.4, -0.2) is 20.3 Å². The molecule has 0 amide bonds. The largest absolute Gasteiger partial charge is 0.282 e. The first-order chi connectivity index (χ1) is 14.7. The lowest BCUT2D eigenvalue weighted by Gasteiger charge is -2.01. The molecule has 5 aromatic rings. The van der Waals surface area contributed by atoms with E-state index in [1.807, 2.05) is 83.7 Å². The van der Waals surface area contributed by atoms with E-state index in [1.54, 1.807) is 10.7 Å². The number of hydrogen-bond acceptors (Lipinski definition) is 2. The summed E-state index contributed by atoms with van der Waals surface area (Å²) in [6, 6.07) is 25.5. The second-order valence-corrected chi connectivity index (χ2v) is 7.64. The predicted molar refractivity (Wildman–Crippen MR) is 124 cm³/mol. The zero-order chi connectivity index (χ0) is 20.5. The molecular weight excluding hydrogens is 415 g/mol. The van der Waals surface area contributed by atoms with Crippen LogP contribution in [0.5, 0.6) is 0 Å². The molecule has 30 heavy (non-hydrogen) atoms. The highest BCUT2D eigenvalue weighted by Crippen LogP contribution is 2.32. The molecule has 2 heterocycles. The van der Waals surface area contributed by atoms with Gasteiger partial charge in [0.1, 0.15) is 0 Å². The lowest BCUT2D eigenvalue weighted by atomic mass is 10.1. The van der Waals surface area contributed by atoms with E-state index in [0.717, 1.165) is 28.1 Å². The maximum absolute atomic E-state index is 6.43. The zero-order valence-corrected chi connectivity index (χ0v) is 17.3. The normalized spacial score (nSPS) is 11.5. The fraction of sp³-hybridized carbons (Fsp3) is 0. The molecule has 3 aromatic carbocycles. The lowest BCUT2D eigenvalue weighted by molar-refractivity contribution is 0.906. The minimum absolute atomic E-state index is 0.559. The molecule has 0 unspecified atom stereocenters. The lowest BCUT2D eigenvalue weighted by Crippen LogP contribution is -1.90. The average Bonchev–Trinajstić information content (AvgIpc) is 3.33. The highest BCUT2D eigenvalue weighted by Gasteiger charge is 2.16. The Morgan fingerprint density at radius 1 is 0.833 bits per heavy atom. The van der Waals surface area contributed by atoms with Crippen LogP contribution < -0.4 is 0 Å². The van der Waals surface area contributed by atoms with Gasteiger partial charge in [-0.25, -0.2) is 9.66 Å². The second kappa shape index (κ2) is 7.82. The van der Waals surface area contributed by atoms with E-state index in [9.17, 15) is 0 Å². The van der Waals surface area contributed by atoms with Gasteiger partial charge in [-0.1, -0.05) is 83.9 Å². The first-order valence-corrected chi connectivity index (χ1v) is 10.2. The average molecular weight is 431 g/mol. The molecule has 0 aliphatic heterocycles. The third-order valence-electron chi connectivity index (χ3n) is 4.80. The number of halogens is 2. The highest BCUT2D eigenvalue weighted by atomic mass is 35.5. The standard InChI is InChI=1S/C24H16Cl2N4/c25-19-11-12-20(21(26)13-19)22-15-29-23(18-9-5-2-6-10-18)16-30(24(29)28-22)27-14-17-7-3-1-4-8-17/h1-16H/b27-14+. The molecule has 5 rings (SSSR count). The summed E-state index contributed by atoms with van der Waals surface area (Å²) in [4.78, 5) is 4.82. The van der Waals surface area contributed by atoms with Gasteiger partial charge in [0.25, 0.3) is 0 Å². The Balaban J connectivity index is 1.68. The monoisotopic (exact) mass is 430 g/mol. The van der Waals surface area contributed by atoms with Gasteiger partial charge >= 0.3 is 0 Å². The molecular formula is C24H16Cl2N4. The van der Waals surface area contributed by atoms with Gasteiger partial charge in [0, 0.05) is 22.3 Å². The number of aromatic nitrogens is 3. The van der Waals surface area contributed by atoms with Crippen LogP contribution >= 0.6 is 23.2 Å². The van der Waals surface area contributed by atoms with Gasteiger partial charge in [0.2, 0.25) is 5.78 Å². The zero-order valence-electron chi connectivity index (χ0n) is 15.8. The fourth-order valence-electron chi connectivity index (χ4n) is 3.35. The molecule has 0 saturated heterocycles. The quantitative estimate of drug-likeness (QED) is 0.293. The first-order valence-electron chi connectivity index (χ1n) is 9.40. The number of hydrogen-bond donors (Lipinski definition) is 0. The molecule has 4 nitrogen and oxygen atoms in total. The number of nitrogens with zero attached hydrogens (tertiary/aromatic N) is 4. The van der Waals surface area contributed by atoms with Gasteiger partial charge in [-0.2, -0.15) is 5.10 Å². The summed E-state index contributed by atoms with van der Waals surface area (Å²) in [5.74, 6) is 0.696. The smallest absolute Gasteiger partial charge is 0.236 e. The van der Waals surface area contributed by atoms with Gasteiger partial charge in [-0.05, 0) is 23.8 Å². The van der Waals surface area contributed by atoms with Crippen LogP contribution in [0.1, 0.15) is 5.56 Å². The molecule has 0 spiro atoms. The molecule has 2 aromatic heterocycles. The van der Waals surface area contributed by atoms with Crippen LogP contribution in [0.2, 0.25) is 10.0 Å². The van der Waals surface area contributed by atoms with E-state index in [1.165, 1.54) is 0 Å². The van der Waals surface area contributed by atoms with E-state index in [4.69, 9.17) is 28.2 Å². The second-order valence-electron chi connectivity index (χ2n) is 6.80. The van der Waals surface area contributed by atoms with Crippen molar-refractivity contribution in [1.82, 2.24) is 14.1 Å². The summed E-state index contributed by atoms with van der Waals surface area (Å²) in [6.07, 6.45) is 5.77. The number of benzene rings is 3. The van der Waals surface area contributed by atoms with Crippen molar-refractivity contribution in [2.75, 3.05) is 0 Å². The fourth-order valence-corrected chi connectivity index (χ4v) is 3.85. The van der Waals surface area contributed by atoms with Crippen LogP contribution in [-0.2, 0) is 0 Å². The molecule has 0 aliphatic rings. The van der Waals surface area contributed by atoms with E-state index >= 15 is 0 Å². The summed E-state index contributed by atoms with van der Waals surface area (Å²) in [5, 5.41) is 5.80. The number of imidazole rings is 2. The summed E-state index contributed by atoms with van der Waals surface area (Å²) in [5.41, 5.74) is 4.65.